The lowest BCUT2D eigenvalue weighted by molar-refractivity contribution is -0.0378. The van der Waals surface area contributed by atoms with Crippen LogP contribution in [0.25, 0.3) is 0 Å². The first-order valence-electron chi connectivity index (χ1n) is 17.5. The number of benzene rings is 4. The molecule has 0 atom stereocenters. The number of methoxy groups -OCH3 is 1. The highest BCUT2D eigenvalue weighted by molar-refractivity contribution is 5.86. The highest BCUT2D eigenvalue weighted by Gasteiger charge is 2.33. The number of carbonyl (C=O) groups is 4. The van der Waals surface area contributed by atoms with Crippen LogP contribution in [0.2, 0.25) is 0 Å². The highest BCUT2D eigenvalue weighted by Crippen LogP contribution is 2.21. The number of hydrogen-bond acceptors (Lipinski definition) is 12. The second-order valence-electron chi connectivity index (χ2n) is 12.6. The summed E-state index contributed by atoms with van der Waals surface area (Å²) in [6.07, 6.45) is -1.70. The van der Waals surface area contributed by atoms with Gasteiger partial charge in [0.05, 0.1) is 31.8 Å². The number of rotatable bonds is 19. The van der Waals surface area contributed by atoms with E-state index in [0.717, 1.165) is 22.3 Å². The standard InChI is InChI=1S/C40H46N4O12/c1-52-20-21-54-37(49)42-33-12-4-29(5-13-33)23-31-8-16-35(17-9-31)44-39(51)56-27-40(24-46,25-47)26-55-38(50)43-34-14-6-30(7-15-34)22-28-2-10-32(11-3-28)41-36(48)53-19-18-45/h2-17,45-47H,18-27H2,1H3,(H,41,48)(H,42,49)(H,43,50)(H,44,51). The molecule has 0 heterocycles. The van der Waals surface area contributed by atoms with Crippen LogP contribution in [0, 0.1) is 5.41 Å². The summed E-state index contributed by atoms with van der Waals surface area (Å²) in [6, 6.07) is 28.6. The Balaban J connectivity index is 1.18. The third-order valence-corrected chi connectivity index (χ3v) is 8.15. The number of aliphatic hydroxyl groups excluding tert-OH is 3. The van der Waals surface area contributed by atoms with Crippen molar-refractivity contribution in [2.75, 3.05) is 81.2 Å². The van der Waals surface area contributed by atoms with Crippen molar-refractivity contribution in [1.29, 1.82) is 0 Å². The van der Waals surface area contributed by atoms with Gasteiger partial charge in [-0.25, -0.2) is 19.2 Å². The van der Waals surface area contributed by atoms with E-state index in [1.165, 1.54) is 7.11 Å². The van der Waals surface area contributed by atoms with Gasteiger partial charge in [-0.3, -0.25) is 21.3 Å². The van der Waals surface area contributed by atoms with Crippen LogP contribution in [0.1, 0.15) is 22.3 Å². The van der Waals surface area contributed by atoms with Crippen molar-refractivity contribution >= 4 is 47.1 Å². The average Bonchev–Trinajstić information content (AvgIpc) is 3.20. The van der Waals surface area contributed by atoms with Crippen LogP contribution < -0.4 is 21.3 Å². The number of ether oxygens (including phenoxy) is 5. The molecule has 298 valence electrons. The second kappa shape index (κ2) is 22.2. The molecule has 56 heavy (non-hydrogen) atoms. The summed E-state index contributed by atoms with van der Waals surface area (Å²) in [7, 11) is 1.52. The summed E-state index contributed by atoms with van der Waals surface area (Å²) in [4.78, 5) is 48.6. The van der Waals surface area contributed by atoms with Gasteiger partial charge in [0.25, 0.3) is 0 Å². The number of carbonyl (C=O) groups excluding carboxylic acids is 4. The van der Waals surface area contributed by atoms with Gasteiger partial charge in [-0.1, -0.05) is 48.5 Å². The molecule has 0 spiro atoms. The Bertz CT molecular complexity index is 1830. The van der Waals surface area contributed by atoms with Crippen molar-refractivity contribution in [2.24, 2.45) is 5.41 Å². The minimum Gasteiger partial charge on any atom is -0.448 e. The van der Waals surface area contributed by atoms with E-state index in [1.54, 1.807) is 48.5 Å². The molecular weight excluding hydrogens is 728 g/mol. The maximum Gasteiger partial charge on any atom is 0.411 e. The van der Waals surface area contributed by atoms with Crippen molar-refractivity contribution in [3.8, 4) is 0 Å². The molecule has 4 aromatic carbocycles. The maximum absolute atomic E-state index is 12.6. The fourth-order valence-corrected chi connectivity index (χ4v) is 4.98. The average molecular weight is 775 g/mol. The van der Waals surface area contributed by atoms with E-state index in [2.05, 4.69) is 21.3 Å². The van der Waals surface area contributed by atoms with Crippen LogP contribution in [0.3, 0.4) is 0 Å². The summed E-state index contributed by atoms with van der Waals surface area (Å²) in [6.45, 7) is -2.03. The first-order chi connectivity index (χ1) is 27.1. The van der Waals surface area contributed by atoms with E-state index in [4.69, 9.17) is 28.8 Å². The van der Waals surface area contributed by atoms with Gasteiger partial charge in [0, 0.05) is 29.9 Å². The van der Waals surface area contributed by atoms with Crippen molar-refractivity contribution in [3.05, 3.63) is 119 Å². The van der Waals surface area contributed by atoms with Crippen molar-refractivity contribution < 1.29 is 58.2 Å². The molecule has 16 heteroatoms. The summed E-state index contributed by atoms with van der Waals surface area (Å²) in [5.41, 5.74) is 4.47. The molecule has 0 fully saturated rings. The summed E-state index contributed by atoms with van der Waals surface area (Å²) >= 11 is 0. The highest BCUT2D eigenvalue weighted by atomic mass is 16.6. The predicted octanol–water partition coefficient (Wildman–Crippen LogP) is 5.37. The fraction of sp³-hybridized carbons (Fsp3) is 0.300. The Morgan fingerprint density at radius 3 is 1.05 bits per heavy atom. The van der Waals surface area contributed by atoms with Crippen molar-refractivity contribution in [2.45, 2.75) is 12.8 Å². The van der Waals surface area contributed by atoms with Crippen LogP contribution in [0.5, 0.6) is 0 Å². The molecule has 0 aromatic heterocycles. The fourth-order valence-electron chi connectivity index (χ4n) is 4.98. The van der Waals surface area contributed by atoms with Crippen LogP contribution in [0.4, 0.5) is 41.9 Å². The molecule has 0 aliphatic rings. The van der Waals surface area contributed by atoms with Crippen molar-refractivity contribution in [3.63, 3.8) is 0 Å². The molecule has 4 amide bonds. The number of anilines is 4. The lowest BCUT2D eigenvalue weighted by atomic mass is 9.92. The van der Waals surface area contributed by atoms with E-state index in [9.17, 15) is 29.4 Å². The van der Waals surface area contributed by atoms with Gasteiger partial charge in [-0.05, 0) is 83.6 Å². The number of nitrogens with one attached hydrogen (secondary N) is 4. The van der Waals surface area contributed by atoms with Gasteiger partial charge in [0.15, 0.2) is 0 Å². The molecule has 7 N–H and O–H groups in total. The lowest BCUT2D eigenvalue weighted by Crippen LogP contribution is -2.42. The monoisotopic (exact) mass is 774 g/mol. The summed E-state index contributed by atoms with van der Waals surface area (Å²) < 4.78 is 25.2. The minimum atomic E-state index is -1.46. The first-order valence-corrected chi connectivity index (χ1v) is 17.5. The molecule has 4 aromatic rings. The van der Waals surface area contributed by atoms with Crippen LogP contribution in [-0.2, 0) is 36.5 Å². The van der Waals surface area contributed by atoms with Crippen LogP contribution in [-0.4, -0.2) is 99.7 Å². The second-order valence-corrected chi connectivity index (χ2v) is 12.6. The zero-order chi connectivity index (χ0) is 40.2. The van der Waals surface area contributed by atoms with E-state index in [1.807, 2.05) is 48.5 Å². The van der Waals surface area contributed by atoms with Gasteiger partial charge < -0.3 is 39.0 Å². The minimum absolute atomic E-state index is 0.0918. The van der Waals surface area contributed by atoms with Gasteiger partial charge in [0.1, 0.15) is 26.4 Å². The van der Waals surface area contributed by atoms with Gasteiger partial charge in [0.2, 0.25) is 0 Å². The normalized spacial score (nSPS) is 10.9. The van der Waals surface area contributed by atoms with Gasteiger partial charge in [-0.2, -0.15) is 0 Å². The Kier molecular flexibility index (Phi) is 16.9. The third kappa shape index (κ3) is 14.6. The van der Waals surface area contributed by atoms with E-state index >= 15 is 0 Å². The topological polar surface area (TPSA) is 223 Å². The summed E-state index contributed by atoms with van der Waals surface area (Å²) in [5.74, 6) is 0. The largest absolute Gasteiger partial charge is 0.448 e. The van der Waals surface area contributed by atoms with Crippen LogP contribution >= 0.6 is 0 Å². The number of amides is 4. The number of hydrogen-bond donors (Lipinski definition) is 7. The zero-order valence-electron chi connectivity index (χ0n) is 30.8. The first kappa shape index (κ1) is 42.5. The predicted molar refractivity (Wildman–Crippen MR) is 207 cm³/mol. The molecule has 0 saturated heterocycles. The smallest absolute Gasteiger partial charge is 0.411 e. The third-order valence-electron chi connectivity index (χ3n) is 8.15. The lowest BCUT2D eigenvalue weighted by Gasteiger charge is -2.28. The molecule has 0 bridgehead atoms. The molecule has 4 rings (SSSR count). The van der Waals surface area contributed by atoms with Gasteiger partial charge in [-0.15, -0.1) is 0 Å². The maximum atomic E-state index is 12.6. The van der Waals surface area contributed by atoms with E-state index in [-0.39, 0.29) is 19.8 Å². The molecule has 0 unspecified atom stereocenters. The van der Waals surface area contributed by atoms with E-state index in [0.29, 0.717) is 42.2 Å². The molecule has 0 aliphatic heterocycles. The molecule has 0 aliphatic carbocycles. The summed E-state index contributed by atoms with van der Waals surface area (Å²) in [5, 5.41) is 39.2. The zero-order valence-corrected chi connectivity index (χ0v) is 30.8. The molecular formula is C40H46N4O12. The van der Waals surface area contributed by atoms with Crippen LogP contribution in [0.15, 0.2) is 97.1 Å². The molecule has 16 nitrogen and oxygen atoms in total. The van der Waals surface area contributed by atoms with Crippen molar-refractivity contribution in [1.82, 2.24) is 0 Å². The SMILES string of the molecule is COCCOC(=O)Nc1ccc(Cc2ccc(NC(=O)OCC(CO)(CO)COC(=O)Nc3ccc(Cc4ccc(NC(=O)OCCO)cc4)cc3)cc2)cc1. The molecule has 0 radical (unpaired) electrons. The van der Waals surface area contributed by atoms with Gasteiger partial charge >= 0.3 is 24.4 Å². The Morgan fingerprint density at radius 2 is 0.768 bits per heavy atom. The Morgan fingerprint density at radius 1 is 0.464 bits per heavy atom. The quantitative estimate of drug-likeness (QED) is 0.0472. The Hall–Kier alpha value is -6.20. The Labute approximate surface area is 323 Å². The number of aliphatic hydroxyl groups is 3. The molecule has 0 saturated carbocycles. The van der Waals surface area contributed by atoms with E-state index < -0.39 is 56.2 Å².